The third-order valence-corrected chi connectivity index (χ3v) is 5.01. The fraction of sp³-hybridized carbons (Fsp3) is 0.900. The molecule has 1 aliphatic heterocycles. The van der Waals surface area contributed by atoms with Crippen molar-refractivity contribution in [3.8, 4) is 0 Å². The highest BCUT2D eigenvalue weighted by molar-refractivity contribution is 8.06. The SMILES string of the molecule is COC[C@@H](C)NC(=O)NC[C@@H]1CSCCS1. The fourth-order valence-corrected chi connectivity index (χ4v) is 4.04. The molecule has 1 saturated heterocycles. The van der Waals surface area contributed by atoms with Gasteiger partial charge < -0.3 is 15.4 Å². The number of amides is 2. The van der Waals surface area contributed by atoms with Crippen LogP contribution in [-0.2, 0) is 4.74 Å². The second-order valence-electron chi connectivity index (χ2n) is 3.78. The Morgan fingerprint density at radius 3 is 3.00 bits per heavy atom. The van der Waals surface area contributed by atoms with Gasteiger partial charge in [0.15, 0.2) is 0 Å². The lowest BCUT2D eigenvalue weighted by Gasteiger charge is -2.21. The molecule has 2 amide bonds. The molecule has 94 valence electrons. The van der Waals surface area contributed by atoms with E-state index in [1.54, 1.807) is 7.11 Å². The topological polar surface area (TPSA) is 50.4 Å². The molecule has 0 aliphatic carbocycles. The van der Waals surface area contributed by atoms with Crippen molar-refractivity contribution in [2.24, 2.45) is 0 Å². The largest absolute Gasteiger partial charge is 0.383 e. The molecule has 4 nitrogen and oxygen atoms in total. The molecule has 6 heteroatoms. The van der Waals surface area contributed by atoms with Crippen LogP contribution in [0.25, 0.3) is 0 Å². The van der Waals surface area contributed by atoms with Crippen molar-refractivity contribution < 1.29 is 9.53 Å². The van der Waals surface area contributed by atoms with Gasteiger partial charge in [-0.05, 0) is 6.92 Å². The van der Waals surface area contributed by atoms with Crippen LogP contribution in [0.3, 0.4) is 0 Å². The zero-order chi connectivity index (χ0) is 11.8. The lowest BCUT2D eigenvalue weighted by Crippen LogP contribution is -2.45. The lowest BCUT2D eigenvalue weighted by atomic mass is 10.4. The highest BCUT2D eigenvalue weighted by Crippen LogP contribution is 2.23. The first-order valence-corrected chi connectivity index (χ1v) is 7.65. The van der Waals surface area contributed by atoms with E-state index in [9.17, 15) is 4.79 Å². The van der Waals surface area contributed by atoms with E-state index in [1.165, 1.54) is 11.5 Å². The maximum absolute atomic E-state index is 11.5. The fourth-order valence-electron chi connectivity index (χ4n) is 1.43. The predicted octanol–water partition coefficient (Wildman–Crippen LogP) is 1.17. The van der Waals surface area contributed by atoms with Crippen LogP contribution in [0.5, 0.6) is 0 Å². The van der Waals surface area contributed by atoms with Gasteiger partial charge in [-0.3, -0.25) is 0 Å². The first kappa shape index (κ1) is 14.0. The van der Waals surface area contributed by atoms with Crippen LogP contribution >= 0.6 is 23.5 Å². The summed E-state index contributed by atoms with van der Waals surface area (Å²) < 4.78 is 4.95. The van der Waals surface area contributed by atoms with Crippen molar-refractivity contribution in [1.82, 2.24) is 10.6 Å². The summed E-state index contributed by atoms with van der Waals surface area (Å²) in [4.78, 5) is 11.5. The van der Waals surface area contributed by atoms with Gasteiger partial charge in [-0.25, -0.2) is 4.79 Å². The Kier molecular flexibility index (Phi) is 7.07. The Morgan fingerprint density at radius 1 is 1.56 bits per heavy atom. The van der Waals surface area contributed by atoms with Crippen LogP contribution in [0.15, 0.2) is 0 Å². The van der Waals surface area contributed by atoms with Gasteiger partial charge in [-0.2, -0.15) is 23.5 Å². The number of ether oxygens (including phenoxy) is 1. The molecule has 1 fully saturated rings. The van der Waals surface area contributed by atoms with Gasteiger partial charge in [0.1, 0.15) is 0 Å². The van der Waals surface area contributed by atoms with Crippen molar-refractivity contribution in [3.05, 3.63) is 0 Å². The Labute approximate surface area is 106 Å². The van der Waals surface area contributed by atoms with E-state index in [1.807, 2.05) is 30.4 Å². The smallest absolute Gasteiger partial charge is 0.315 e. The monoisotopic (exact) mass is 264 g/mol. The Bertz CT molecular complexity index is 211. The summed E-state index contributed by atoms with van der Waals surface area (Å²) in [5.74, 6) is 3.56. The third kappa shape index (κ3) is 5.86. The molecule has 2 atom stereocenters. The number of hydrogen-bond acceptors (Lipinski definition) is 4. The summed E-state index contributed by atoms with van der Waals surface area (Å²) in [6.07, 6.45) is 0. The zero-order valence-corrected chi connectivity index (χ0v) is 11.5. The molecule has 0 spiro atoms. The van der Waals surface area contributed by atoms with Crippen LogP contribution in [0.4, 0.5) is 4.79 Å². The average molecular weight is 264 g/mol. The van der Waals surface area contributed by atoms with Crippen LogP contribution in [0.2, 0.25) is 0 Å². The van der Waals surface area contributed by atoms with Crippen LogP contribution < -0.4 is 10.6 Å². The van der Waals surface area contributed by atoms with E-state index in [4.69, 9.17) is 4.74 Å². The number of hydrogen-bond donors (Lipinski definition) is 2. The Morgan fingerprint density at radius 2 is 2.38 bits per heavy atom. The number of rotatable bonds is 5. The maximum atomic E-state index is 11.5. The number of carbonyl (C=O) groups is 1. The number of thioether (sulfide) groups is 2. The lowest BCUT2D eigenvalue weighted by molar-refractivity contribution is 0.171. The quantitative estimate of drug-likeness (QED) is 0.782. The molecule has 0 aromatic heterocycles. The number of methoxy groups -OCH3 is 1. The molecule has 0 unspecified atom stereocenters. The Hall–Kier alpha value is -0.0700. The summed E-state index contributed by atoms with van der Waals surface area (Å²) in [5.41, 5.74) is 0. The zero-order valence-electron chi connectivity index (χ0n) is 9.82. The van der Waals surface area contributed by atoms with Crippen molar-refractivity contribution in [2.45, 2.75) is 18.2 Å². The third-order valence-electron chi connectivity index (χ3n) is 2.17. The van der Waals surface area contributed by atoms with E-state index in [2.05, 4.69) is 10.6 Å². The van der Waals surface area contributed by atoms with Crippen molar-refractivity contribution in [1.29, 1.82) is 0 Å². The maximum Gasteiger partial charge on any atom is 0.315 e. The van der Waals surface area contributed by atoms with E-state index in [0.717, 1.165) is 12.3 Å². The summed E-state index contributed by atoms with van der Waals surface area (Å²) >= 11 is 3.91. The van der Waals surface area contributed by atoms with Gasteiger partial charge in [0.05, 0.1) is 12.6 Å². The predicted molar refractivity (Wildman–Crippen MR) is 71.4 cm³/mol. The van der Waals surface area contributed by atoms with E-state index < -0.39 is 0 Å². The van der Waals surface area contributed by atoms with E-state index >= 15 is 0 Å². The molecule has 0 radical (unpaired) electrons. The van der Waals surface area contributed by atoms with Gasteiger partial charge >= 0.3 is 6.03 Å². The van der Waals surface area contributed by atoms with Gasteiger partial charge in [0.2, 0.25) is 0 Å². The van der Waals surface area contributed by atoms with Crippen molar-refractivity contribution in [2.75, 3.05) is 37.5 Å². The number of nitrogens with one attached hydrogen (secondary N) is 2. The molecule has 1 heterocycles. The van der Waals surface area contributed by atoms with Gasteiger partial charge in [0.25, 0.3) is 0 Å². The molecule has 0 aromatic carbocycles. The highest BCUT2D eigenvalue weighted by atomic mass is 32.2. The molecule has 16 heavy (non-hydrogen) atoms. The van der Waals surface area contributed by atoms with Crippen LogP contribution in [-0.4, -0.2) is 54.8 Å². The second kappa shape index (κ2) is 8.08. The van der Waals surface area contributed by atoms with E-state index in [0.29, 0.717) is 11.9 Å². The minimum absolute atomic E-state index is 0.0541. The number of urea groups is 1. The second-order valence-corrected chi connectivity index (χ2v) is 6.34. The standard InChI is InChI=1S/C10H20N2O2S2/c1-8(6-14-2)12-10(13)11-5-9-7-15-3-4-16-9/h8-9H,3-7H2,1-2H3,(H2,11,12,13)/t8-,9-/m1/s1. The van der Waals surface area contributed by atoms with Gasteiger partial charge in [-0.15, -0.1) is 0 Å². The van der Waals surface area contributed by atoms with Gasteiger partial charge in [-0.1, -0.05) is 0 Å². The van der Waals surface area contributed by atoms with Crippen LogP contribution in [0.1, 0.15) is 6.92 Å². The summed E-state index contributed by atoms with van der Waals surface area (Å²) in [6, 6.07) is -0.0425. The Balaban J connectivity index is 2.09. The molecule has 2 N–H and O–H groups in total. The first-order chi connectivity index (χ1) is 7.72. The van der Waals surface area contributed by atoms with Crippen molar-refractivity contribution >= 4 is 29.6 Å². The van der Waals surface area contributed by atoms with E-state index in [-0.39, 0.29) is 12.1 Å². The van der Waals surface area contributed by atoms with Crippen LogP contribution in [0, 0.1) is 0 Å². The minimum Gasteiger partial charge on any atom is -0.383 e. The summed E-state index contributed by atoms with van der Waals surface area (Å²) in [6.45, 7) is 3.22. The molecule has 0 bridgehead atoms. The molecular weight excluding hydrogens is 244 g/mol. The number of carbonyl (C=O) groups excluding carboxylic acids is 1. The first-order valence-electron chi connectivity index (χ1n) is 5.45. The molecular formula is C10H20N2O2S2. The summed E-state index contributed by atoms with van der Waals surface area (Å²) in [7, 11) is 1.63. The minimum atomic E-state index is -0.0966. The van der Waals surface area contributed by atoms with Crippen molar-refractivity contribution in [3.63, 3.8) is 0 Å². The highest BCUT2D eigenvalue weighted by Gasteiger charge is 2.15. The molecule has 1 rings (SSSR count). The van der Waals surface area contributed by atoms with Gasteiger partial charge in [0, 0.05) is 36.2 Å². The molecule has 0 aromatic rings. The summed E-state index contributed by atoms with van der Waals surface area (Å²) in [5, 5.41) is 6.29. The molecule has 0 saturated carbocycles. The normalized spacial score (nSPS) is 22.5. The molecule has 1 aliphatic rings. The average Bonchev–Trinajstić information content (AvgIpc) is 2.28.